The Hall–Kier alpha value is -1.68. The Kier molecular flexibility index (Phi) is 4.00. The van der Waals surface area contributed by atoms with E-state index in [2.05, 4.69) is 0 Å². The second-order valence-corrected chi connectivity index (χ2v) is 5.35. The maximum Gasteiger partial charge on any atom is 0.150 e. The minimum absolute atomic E-state index is 0.000291. The Labute approximate surface area is 114 Å². The van der Waals surface area contributed by atoms with Gasteiger partial charge in [0.25, 0.3) is 0 Å². The van der Waals surface area contributed by atoms with E-state index in [-0.39, 0.29) is 10.5 Å². The fraction of sp³-hybridized carbons (Fsp3) is 0.133. The van der Waals surface area contributed by atoms with Gasteiger partial charge in [-0.05, 0) is 43.2 Å². The largest absolute Gasteiger partial charge is 0.298 e. The van der Waals surface area contributed by atoms with Gasteiger partial charge in [-0.25, -0.2) is 8.78 Å². The highest BCUT2D eigenvalue weighted by atomic mass is 32.2. The summed E-state index contributed by atoms with van der Waals surface area (Å²) in [5, 5.41) is 0. The molecule has 1 nitrogen and oxygen atoms in total. The lowest BCUT2D eigenvalue weighted by Crippen LogP contribution is -1.93. The number of aryl methyl sites for hydroxylation is 2. The molecule has 0 N–H and O–H groups in total. The Morgan fingerprint density at radius 2 is 1.68 bits per heavy atom. The van der Waals surface area contributed by atoms with E-state index in [9.17, 15) is 13.6 Å². The van der Waals surface area contributed by atoms with Crippen molar-refractivity contribution in [1.29, 1.82) is 0 Å². The predicted octanol–water partition coefficient (Wildman–Crippen LogP) is 4.55. The minimum atomic E-state index is -0.715. The van der Waals surface area contributed by atoms with Gasteiger partial charge in [0.2, 0.25) is 0 Å². The molecule has 0 aromatic heterocycles. The smallest absolute Gasteiger partial charge is 0.150 e. The van der Waals surface area contributed by atoms with Gasteiger partial charge < -0.3 is 0 Å². The molecule has 0 bridgehead atoms. The molecule has 0 aliphatic rings. The van der Waals surface area contributed by atoms with Crippen LogP contribution in [0.25, 0.3) is 0 Å². The molecular formula is C15H12F2OS. The Balaban J connectivity index is 2.43. The molecule has 2 aromatic rings. The van der Waals surface area contributed by atoms with Crippen molar-refractivity contribution in [2.45, 2.75) is 23.6 Å². The van der Waals surface area contributed by atoms with Crippen LogP contribution in [-0.2, 0) is 0 Å². The molecule has 0 amide bonds. The third-order valence-electron chi connectivity index (χ3n) is 2.71. The van der Waals surface area contributed by atoms with E-state index in [0.29, 0.717) is 6.29 Å². The van der Waals surface area contributed by atoms with Gasteiger partial charge in [-0.1, -0.05) is 23.9 Å². The summed E-state index contributed by atoms with van der Waals surface area (Å²) in [6.45, 7) is 3.81. The van der Waals surface area contributed by atoms with Gasteiger partial charge in [0.15, 0.2) is 0 Å². The summed E-state index contributed by atoms with van der Waals surface area (Å²) in [6.07, 6.45) is 0.429. The van der Waals surface area contributed by atoms with Crippen LogP contribution >= 0.6 is 11.8 Å². The van der Waals surface area contributed by atoms with E-state index in [1.807, 2.05) is 32.0 Å². The molecule has 0 unspecified atom stereocenters. The van der Waals surface area contributed by atoms with E-state index in [1.165, 1.54) is 0 Å². The third kappa shape index (κ3) is 3.01. The Bertz CT molecular complexity index is 615. The third-order valence-corrected chi connectivity index (χ3v) is 3.97. The fourth-order valence-corrected chi connectivity index (χ4v) is 2.68. The number of carbonyl (C=O) groups is 1. The Morgan fingerprint density at radius 3 is 2.26 bits per heavy atom. The lowest BCUT2D eigenvalue weighted by molar-refractivity contribution is 0.112. The van der Waals surface area contributed by atoms with Crippen LogP contribution in [0.5, 0.6) is 0 Å². The first-order chi connectivity index (χ1) is 9.01. The molecule has 0 spiro atoms. The topological polar surface area (TPSA) is 17.1 Å². The number of carbonyl (C=O) groups excluding carboxylic acids is 1. The molecule has 0 atom stereocenters. The number of halogens is 2. The zero-order valence-corrected chi connectivity index (χ0v) is 11.4. The zero-order valence-electron chi connectivity index (χ0n) is 10.5. The van der Waals surface area contributed by atoms with Gasteiger partial charge in [-0.2, -0.15) is 0 Å². The highest BCUT2D eigenvalue weighted by molar-refractivity contribution is 7.99. The molecular weight excluding hydrogens is 266 g/mol. The first-order valence-corrected chi connectivity index (χ1v) is 6.52. The van der Waals surface area contributed by atoms with Gasteiger partial charge in [0.1, 0.15) is 17.9 Å². The molecule has 0 aliphatic carbocycles. The summed E-state index contributed by atoms with van der Waals surface area (Å²) in [5.41, 5.74) is 1.98. The SMILES string of the molecule is Cc1ccc(C)c(Sc2c(F)cc(C=O)cc2F)c1. The van der Waals surface area contributed by atoms with E-state index in [4.69, 9.17) is 0 Å². The fourth-order valence-electron chi connectivity index (χ4n) is 1.67. The van der Waals surface area contributed by atoms with Crippen LogP contribution in [0.15, 0.2) is 40.1 Å². The van der Waals surface area contributed by atoms with Crippen molar-refractivity contribution in [3.05, 3.63) is 58.7 Å². The van der Waals surface area contributed by atoms with Gasteiger partial charge in [0, 0.05) is 10.5 Å². The number of aldehydes is 1. The molecule has 4 heteroatoms. The molecule has 19 heavy (non-hydrogen) atoms. The first-order valence-electron chi connectivity index (χ1n) is 5.70. The molecule has 2 rings (SSSR count). The number of hydrogen-bond acceptors (Lipinski definition) is 2. The molecule has 2 aromatic carbocycles. The van der Waals surface area contributed by atoms with Crippen LogP contribution in [0.4, 0.5) is 8.78 Å². The highest BCUT2D eigenvalue weighted by Crippen LogP contribution is 2.34. The summed E-state index contributed by atoms with van der Waals surface area (Å²) >= 11 is 1.03. The highest BCUT2D eigenvalue weighted by Gasteiger charge is 2.13. The van der Waals surface area contributed by atoms with E-state index in [1.54, 1.807) is 0 Å². The zero-order chi connectivity index (χ0) is 14.0. The summed E-state index contributed by atoms with van der Waals surface area (Å²) < 4.78 is 27.6. The van der Waals surface area contributed by atoms with Crippen molar-refractivity contribution in [3.63, 3.8) is 0 Å². The molecule has 0 heterocycles. The second kappa shape index (κ2) is 5.53. The Morgan fingerprint density at radius 1 is 1.05 bits per heavy atom. The summed E-state index contributed by atoms with van der Waals surface area (Å²) in [6, 6.07) is 7.83. The summed E-state index contributed by atoms with van der Waals surface area (Å²) in [4.78, 5) is 11.3. The van der Waals surface area contributed by atoms with Crippen molar-refractivity contribution >= 4 is 18.0 Å². The van der Waals surface area contributed by atoms with Gasteiger partial charge in [0.05, 0.1) is 4.90 Å². The van der Waals surface area contributed by atoms with Crippen molar-refractivity contribution in [2.24, 2.45) is 0 Å². The number of hydrogen-bond donors (Lipinski definition) is 0. The van der Waals surface area contributed by atoms with Crippen LogP contribution in [0.3, 0.4) is 0 Å². The van der Waals surface area contributed by atoms with Crippen molar-refractivity contribution < 1.29 is 13.6 Å². The van der Waals surface area contributed by atoms with Crippen molar-refractivity contribution in [1.82, 2.24) is 0 Å². The van der Waals surface area contributed by atoms with Crippen LogP contribution < -0.4 is 0 Å². The van der Waals surface area contributed by atoms with Crippen LogP contribution in [0.2, 0.25) is 0 Å². The molecule has 0 radical (unpaired) electrons. The maximum absolute atomic E-state index is 13.8. The first kappa shape index (κ1) is 13.7. The van der Waals surface area contributed by atoms with Crippen LogP contribution in [0.1, 0.15) is 21.5 Å². The van der Waals surface area contributed by atoms with Gasteiger partial charge in [-0.3, -0.25) is 4.79 Å². The number of rotatable bonds is 3. The summed E-state index contributed by atoms with van der Waals surface area (Å²) in [5.74, 6) is -1.43. The average Bonchev–Trinajstić information content (AvgIpc) is 2.37. The maximum atomic E-state index is 13.8. The lowest BCUT2D eigenvalue weighted by Gasteiger charge is -2.09. The molecule has 0 saturated carbocycles. The van der Waals surface area contributed by atoms with E-state index in [0.717, 1.165) is 39.9 Å². The van der Waals surface area contributed by atoms with Gasteiger partial charge in [-0.15, -0.1) is 0 Å². The van der Waals surface area contributed by atoms with Crippen LogP contribution in [-0.4, -0.2) is 6.29 Å². The normalized spacial score (nSPS) is 10.5. The standard InChI is InChI=1S/C15H12F2OS/c1-9-3-4-10(2)14(5-9)19-15-12(16)6-11(8-18)7-13(15)17/h3-8H,1-2H3. The van der Waals surface area contributed by atoms with E-state index >= 15 is 0 Å². The second-order valence-electron chi connectivity index (χ2n) is 4.30. The van der Waals surface area contributed by atoms with E-state index < -0.39 is 11.6 Å². The van der Waals surface area contributed by atoms with Crippen molar-refractivity contribution in [3.8, 4) is 0 Å². The van der Waals surface area contributed by atoms with Gasteiger partial charge >= 0.3 is 0 Å². The monoisotopic (exact) mass is 278 g/mol. The average molecular weight is 278 g/mol. The summed E-state index contributed by atoms with van der Waals surface area (Å²) in [7, 11) is 0. The number of benzene rings is 2. The lowest BCUT2D eigenvalue weighted by atomic mass is 10.2. The minimum Gasteiger partial charge on any atom is -0.298 e. The molecule has 98 valence electrons. The molecule has 0 fully saturated rings. The van der Waals surface area contributed by atoms with Crippen molar-refractivity contribution in [2.75, 3.05) is 0 Å². The predicted molar refractivity (Wildman–Crippen MR) is 71.8 cm³/mol. The van der Waals surface area contributed by atoms with Crippen LogP contribution in [0, 0.1) is 25.5 Å². The molecule has 0 aliphatic heterocycles. The quantitative estimate of drug-likeness (QED) is 0.766. The molecule has 0 saturated heterocycles.